The molecule has 0 aliphatic carbocycles. The maximum Gasteiger partial charge on any atom is 0.163 e. The third-order valence-corrected chi connectivity index (χ3v) is 2.10. The normalized spacial score (nSPS) is 19.9. The monoisotopic (exact) mass is 173 g/mol. The van der Waals surface area contributed by atoms with Gasteiger partial charge in [0.05, 0.1) is 6.04 Å². The van der Waals surface area contributed by atoms with Gasteiger partial charge in [-0.05, 0) is 26.1 Å². The fraction of sp³-hybridized carbons (Fsp3) is 0.857. The number of likely N-dealkylation sites (tertiary alicyclic amines) is 1. The summed E-state index contributed by atoms with van der Waals surface area (Å²) in [4.78, 5) is 2.37. The Kier molecular flexibility index (Phi) is 2.67. The third kappa shape index (κ3) is 2.31. The van der Waals surface area contributed by atoms with Gasteiger partial charge in [0.1, 0.15) is 0 Å². The topological polar surface area (TPSA) is 41.3 Å². The van der Waals surface area contributed by atoms with Gasteiger partial charge in [-0.3, -0.25) is 4.90 Å². The molecule has 0 radical (unpaired) electrons. The first-order valence-corrected chi connectivity index (χ1v) is 4.30. The van der Waals surface area contributed by atoms with Crippen molar-refractivity contribution >= 4 is 17.3 Å². The van der Waals surface area contributed by atoms with E-state index < -0.39 is 0 Å². The van der Waals surface area contributed by atoms with Gasteiger partial charge < -0.3 is 11.1 Å². The molecular weight excluding hydrogens is 158 g/mol. The molecule has 0 bridgehead atoms. The highest BCUT2D eigenvalue weighted by Crippen LogP contribution is 2.10. The van der Waals surface area contributed by atoms with Crippen molar-refractivity contribution in [3.63, 3.8) is 0 Å². The van der Waals surface area contributed by atoms with E-state index in [1.54, 1.807) is 0 Å². The van der Waals surface area contributed by atoms with Crippen LogP contribution in [0.15, 0.2) is 0 Å². The Morgan fingerprint density at radius 3 is 2.55 bits per heavy atom. The van der Waals surface area contributed by atoms with E-state index in [4.69, 9.17) is 18.0 Å². The molecule has 4 heteroatoms. The summed E-state index contributed by atoms with van der Waals surface area (Å²) in [7, 11) is 0. The molecule has 3 N–H and O–H groups in total. The van der Waals surface area contributed by atoms with Crippen molar-refractivity contribution in [2.45, 2.75) is 25.9 Å². The molecule has 1 heterocycles. The van der Waals surface area contributed by atoms with Crippen molar-refractivity contribution < 1.29 is 0 Å². The number of hydrogen-bond donors (Lipinski definition) is 2. The molecule has 0 aromatic rings. The average molecular weight is 173 g/mol. The molecular formula is C7H15N3S. The second-order valence-corrected chi connectivity index (χ2v) is 3.69. The number of nitrogens with one attached hydrogen (secondary N) is 1. The minimum atomic E-state index is 0.415. The summed E-state index contributed by atoms with van der Waals surface area (Å²) in [6.45, 7) is 6.51. The van der Waals surface area contributed by atoms with Crippen LogP contribution in [0, 0.1) is 0 Å². The van der Waals surface area contributed by atoms with Crippen LogP contribution in [0.25, 0.3) is 0 Å². The molecule has 1 rings (SSSR count). The lowest BCUT2D eigenvalue weighted by Crippen LogP contribution is -2.61. The maximum absolute atomic E-state index is 5.33. The van der Waals surface area contributed by atoms with Crippen LogP contribution >= 0.6 is 12.2 Å². The summed E-state index contributed by atoms with van der Waals surface area (Å²) < 4.78 is 0. The summed E-state index contributed by atoms with van der Waals surface area (Å²) >= 11 is 4.72. The van der Waals surface area contributed by atoms with E-state index >= 15 is 0 Å². The van der Waals surface area contributed by atoms with Crippen molar-refractivity contribution in [3.05, 3.63) is 0 Å². The quantitative estimate of drug-likeness (QED) is 0.573. The Balaban J connectivity index is 2.14. The van der Waals surface area contributed by atoms with Gasteiger partial charge in [0.15, 0.2) is 5.11 Å². The largest absolute Gasteiger partial charge is 0.376 e. The Morgan fingerprint density at radius 1 is 1.64 bits per heavy atom. The summed E-state index contributed by atoms with van der Waals surface area (Å²) in [5, 5.41) is 3.45. The van der Waals surface area contributed by atoms with Gasteiger partial charge in [-0.2, -0.15) is 0 Å². The second kappa shape index (κ2) is 3.36. The Hall–Kier alpha value is -0.350. The van der Waals surface area contributed by atoms with Crippen LogP contribution in [0.5, 0.6) is 0 Å². The summed E-state index contributed by atoms with van der Waals surface area (Å²) in [6.07, 6.45) is 0. The molecule has 1 aliphatic heterocycles. The average Bonchev–Trinajstić information content (AvgIpc) is 1.75. The van der Waals surface area contributed by atoms with Crippen LogP contribution in [0.4, 0.5) is 0 Å². The van der Waals surface area contributed by atoms with Crippen LogP contribution in [-0.4, -0.2) is 35.2 Å². The van der Waals surface area contributed by atoms with Gasteiger partial charge in [0.2, 0.25) is 0 Å². The predicted octanol–water partition coefficient (Wildman–Crippen LogP) is -0.0878. The fourth-order valence-corrected chi connectivity index (χ4v) is 1.39. The summed E-state index contributed by atoms with van der Waals surface area (Å²) in [6, 6.07) is 1.12. The van der Waals surface area contributed by atoms with Crippen molar-refractivity contribution in [1.82, 2.24) is 10.2 Å². The van der Waals surface area contributed by atoms with Crippen molar-refractivity contribution in [2.24, 2.45) is 5.73 Å². The Bertz CT molecular complexity index is 152. The van der Waals surface area contributed by atoms with Crippen LogP contribution in [0.2, 0.25) is 0 Å². The smallest absolute Gasteiger partial charge is 0.163 e. The zero-order valence-corrected chi connectivity index (χ0v) is 7.82. The Labute approximate surface area is 72.9 Å². The Morgan fingerprint density at radius 2 is 2.18 bits per heavy atom. The molecule has 1 aliphatic rings. The van der Waals surface area contributed by atoms with Gasteiger partial charge in [-0.25, -0.2) is 0 Å². The van der Waals surface area contributed by atoms with Crippen LogP contribution in [0.3, 0.4) is 0 Å². The van der Waals surface area contributed by atoms with Crippen molar-refractivity contribution in [2.75, 3.05) is 13.1 Å². The van der Waals surface area contributed by atoms with E-state index in [1.165, 1.54) is 0 Å². The molecule has 11 heavy (non-hydrogen) atoms. The lowest BCUT2D eigenvalue weighted by molar-refractivity contribution is 0.103. The molecule has 3 nitrogen and oxygen atoms in total. The number of nitrogens with zero attached hydrogens (tertiary/aromatic N) is 1. The maximum atomic E-state index is 5.33. The van der Waals surface area contributed by atoms with E-state index in [2.05, 4.69) is 24.1 Å². The van der Waals surface area contributed by atoms with E-state index in [-0.39, 0.29) is 0 Å². The van der Waals surface area contributed by atoms with E-state index in [1.807, 2.05) is 0 Å². The summed E-state index contributed by atoms with van der Waals surface area (Å²) in [5.74, 6) is 0. The zero-order valence-electron chi connectivity index (χ0n) is 7.00. The molecule has 1 fully saturated rings. The van der Waals surface area contributed by atoms with E-state index in [0.29, 0.717) is 17.2 Å². The molecule has 1 saturated heterocycles. The predicted molar refractivity (Wildman–Crippen MR) is 50.4 cm³/mol. The molecule has 0 aromatic carbocycles. The SMILES string of the molecule is CC(C)N1CC(NC(N)=S)C1. The van der Waals surface area contributed by atoms with Crippen LogP contribution in [0.1, 0.15) is 13.8 Å². The van der Waals surface area contributed by atoms with Crippen molar-refractivity contribution in [3.8, 4) is 0 Å². The highest BCUT2D eigenvalue weighted by molar-refractivity contribution is 7.80. The molecule has 0 unspecified atom stereocenters. The summed E-state index contributed by atoms with van der Waals surface area (Å²) in [5.41, 5.74) is 5.33. The first-order valence-electron chi connectivity index (χ1n) is 3.89. The molecule has 0 amide bonds. The van der Waals surface area contributed by atoms with Crippen LogP contribution < -0.4 is 11.1 Å². The number of nitrogens with two attached hydrogens (primary N) is 1. The number of thiocarbonyl (C=S) groups is 1. The fourth-order valence-electron chi connectivity index (χ4n) is 1.23. The molecule has 64 valence electrons. The van der Waals surface area contributed by atoms with E-state index in [9.17, 15) is 0 Å². The first-order chi connectivity index (χ1) is 5.09. The van der Waals surface area contributed by atoms with Gasteiger partial charge in [-0.1, -0.05) is 0 Å². The lowest BCUT2D eigenvalue weighted by Gasteiger charge is -2.42. The number of rotatable bonds is 2. The molecule has 0 aromatic heterocycles. The standard InChI is InChI=1S/C7H15N3S/c1-5(2)10-3-6(4-10)9-7(8)11/h5-6H,3-4H2,1-2H3,(H3,8,9,11). The zero-order chi connectivity index (χ0) is 8.43. The molecule has 0 atom stereocenters. The molecule has 0 saturated carbocycles. The lowest BCUT2D eigenvalue weighted by atomic mass is 10.1. The van der Waals surface area contributed by atoms with Gasteiger partial charge in [0.25, 0.3) is 0 Å². The minimum Gasteiger partial charge on any atom is -0.376 e. The van der Waals surface area contributed by atoms with Crippen molar-refractivity contribution in [1.29, 1.82) is 0 Å². The molecule has 0 spiro atoms. The highest BCUT2D eigenvalue weighted by atomic mass is 32.1. The first kappa shape index (κ1) is 8.74. The van der Waals surface area contributed by atoms with Gasteiger partial charge in [0, 0.05) is 19.1 Å². The number of hydrogen-bond acceptors (Lipinski definition) is 2. The highest BCUT2D eigenvalue weighted by Gasteiger charge is 2.27. The second-order valence-electron chi connectivity index (χ2n) is 3.25. The van der Waals surface area contributed by atoms with Gasteiger partial charge in [-0.15, -0.1) is 0 Å². The minimum absolute atomic E-state index is 0.415. The van der Waals surface area contributed by atoms with E-state index in [0.717, 1.165) is 13.1 Å². The third-order valence-electron chi connectivity index (χ3n) is 1.99. The van der Waals surface area contributed by atoms with Gasteiger partial charge >= 0.3 is 0 Å². The van der Waals surface area contributed by atoms with Crippen LogP contribution in [-0.2, 0) is 0 Å².